The molecule has 1 fully saturated rings. The number of sulfone groups is 1. The van der Waals surface area contributed by atoms with Crippen molar-refractivity contribution in [2.45, 2.75) is 21.6 Å². The molecule has 1 atom stereocenters. The second-order valence-electron chi connectivity index (χ2n) is 5.65. The lowest BCUT2D eigenvalue weighted by atomic mass is 10.4. The van der Waals surface area contributed by atoms with Crippen molar-refractivity contribution in [3.8, 4) is 0 Å². The highest BCUT2D eigenvalue weighted by Crippen LogP contribution is 2.28. The minimum Gasteiger partial charge on any atom is -0.339 e. The van der Waals surface area contributed by atoms with E-state index in [1.807, 2.05) is 0 Å². The monoisotopic (exact) mass is 389 g/mol. The van der Waals surface area contributed by atoms with Crippen LogP contribution in [0.1, 0.15) is 6.42 Å². The summed E-state index contributed by atoms with van der Waals surface area (Å²) < 4.78 is 53.1. The van der Waals surface area contributed by atoms with Gasteiger partial charge in [-0.2, -0.15) is 4.31 Å². The van der Waals surface area contributed by atoms with Gasteiger partial charge in [-0.1, -0.05) is 11.6 Å². The van der Waals surface area contributed by atoms with Gasteiger partial charge in [0.15, 0.2) is 14.9 Å². The summed E-state index contributed by atoms with van der Waals surface area (Å²) in [6.45, 7) is 0.0697. The Bertz CT molecular complexity index is 952. The Kier molecular flexibility index (Phi) is 4.45. The second kappa shape index (κ2) is 6.14. The van der Waals surface area contributed by atoms with Crippen molar-refractivity contribution in [2.75, 3.05) is 13.1 Å². The van der Waals surface area contributed by atoms with Crippen LogP contribution in [0.15, 0.2) is 46.7 Å². The van der Waals surface area contributed by atoms with E-state index in [1.165, 1.54) is 45.7 Å². The molecular formula is C14H16ClN3O4S2. The van der Waals surface area contributed by atoms with Crippen LogP contribution in [0.4, 0.5) is 0 Å². The minimum absolute atomic E-state index is 0.0745. The van der Waals surface area contributed by atoms with E-state index in [2.05, 4.69) is 4.98 Å². The fourth-order valence-corrected chi connectivity index (χ4v) is 6.02. The zero-order chi connectivity index (χ0) is 17.5. The molecule has 130 valence electrons. The summed E-state index contributed by atoms with van der Waals surface area (Å²) in [5.41, 5.74) is 0. The van der Waals surface area contributed by atoms with Gasteiger partial charge in [-0.25, -0.2) is 21.8 Å². The molecule has 0 aliphatic carbocycles. The summed E-state index contributed by atoms with van der Waals surface area (Å²) in [5, 5.41) is -0.411. The second-order valence-corrected chi connectivity index (χ2v) is 10.2. The largest absolute Gasteiger partial charge is 0.339 e. The van der Waals surface area contributed by atoms with Gasteiger partial charge in [0.05, 0.1) is 16.5 Å². The van der Waals surface area contributed by atoms with E-state index in [1.54, 1.807) is 7.05 Å². The van der Waals surface area contributed by atoms with Crippen LogP contribution in [0, 0.1) is 0 Å². The number of hydrogen-bond donors (Lipinski definition) is 0. The van der Waals surface area contributed by atoms with Gasteiger partial charge in [0, 0.05) is 31.4 Å². The van der Waals surface area contributed by atoms with Crippen molar-refractivity contribution in [1.29, 1.82) is 0 Å². The first-order valence-corrected chi connectivity index (χ1v) is 10.6. The molecule has 3 rings (SSSR count). The lowest BCUT2D eigenvalue weighted by Crippen LogP contribution is -2.32. The zero-order valence-electron chi connectivity index (χ0n) is 12.8. The first-order valence-electron chi connectivity index (χ1n) is 7.19. The summed E-state index contributed by atoms with van der Waals surface area (Å²) in [4.78, 5) is 4.00. The summed E-state index contributed by atoms with van der Waals surface area (Å²) in [5.74, 6) is 0. The Hall–Kier alpha value is -1.42. The van der Waals surface area contributed by atoms with Crippen LogP contribution in [0.25, 0.3) is 0 Å². The van der Waals surface area contributed by atoms with E-state index in [0.717, 1.165) is 0 Å². The summed E-state index contributed by atoms with van der Waals surface area (Å²) in [6, 6.07) is 5.89. The number of rotatable bonds is 4. The number of aryl methyl sites for hydroxylation is 1. The molecule has 0 radical (unpaired) electrons. The van der Waals surface area contributed by atoms with Gasteiger partial charge in [-0.05, 0) is 30.7 Å². The molecule has 0 saturated carbocycles. The molecule has 0 bridgehead atoms. The van der Waals surface area contributed by atoms with Crippen molar-refractivity contribution in [2.24, 2.45) is 7.05 Å². The Morgan fingerprint density at radius 1 is 1.17 bits per heavy atom. The third kappa shape index (κ3) is 3.08. The van der Waals surface area contributed by atoms with Crippen molar-refractivity contribution in [3.63, 3.8) is 0 Å². The number of halogens is 1. The van der Waals surface area contributed by atoms with Crippen LogP contribution in [0.2, 0.25) is 5.02 Å². The van der Waals surface area contributed by atoms with E-state index in [-0.39, 0.29) is 29.4 Å². The van der Waals surface area contributed by atoms with Gasteiger partial charge in [0.1, 0.15) is 0 Å². The number of hydrogen-bond acceptors (Lipinski definition) is 5. The van der Waals surface area contributed by atoms with E-state index >= 15 is 0 Å². The molecule has 1 saturated heterocycles. The van der Waals surface area contributed by atoms with E-state index in [4.69, 9.17) is 11.6 Å². The lowest BCUT2D eigenvalue weighted by molar-refractivity contribution is 0.474. The first-order chi connectivity index (χ1) is 11.2. The quantitative estimate of drug-likeness (QED) is 0.786. The van der Waals surface area contributed by atoms with Gasteiger partial charge >= 0.3 is 0 Å². The average Bonchev–Trinajstić information content (AvgIpc) is 3.17. The van der Waals surface area contributed by atoms with E-state index < -0.39 is 25.1 Å². The minimum atomic E-state index is -3.78. The number of benzene rings is 1. The van der Waals surface area contributed by atoms with Crippen LogP contribution >= 0.6 is 11.6 Å². The van der Waals surface area contributed by atoms with Gasteiger partial charge in [0.25, 0.3) is 10.0 Å². The molecule has 0 N–H and O–H groups in total. The van der Waals surface area contributed by atoms with Crippen molar-refractivity contribution < 1.29 is 16.8 Å². The maximum Gasteiger partial charge on any atom is 0.262 e. The van der Waals surface area contributed by atoms with Crippen LogP contribution in [0.3, 0.4) is 0 Å². The predicted molar refractivity (Wildman–Crippen MR) is 89.0 cm³/mol. The van der Waals surface area contributed by atoms with Crippen molar-refractivity contribution >= 4 is 31.5 Å². The smallest absolute Gasteiger partial charge is 0.262 e. The molecule has 0 amide bonds. The fourth-order valence-electron chi connectivity index (χ4n) is 2.64. The van der Waals surface area contributed by atoms with Crippen molar-refractivity contribution in [3.05, 3.63) is 41.8 Å². The number of sulfonamides is 1. The molecular weight excluding hydrogens is 374 g/mol. The first kappa shape index (κ1) is 17.4. The molecule has 0 spiro atoms. The van der Waals surface area contributed by atoms with Crippen LogP contribution in [-0.2, 0) is 26.9 Å². The Morgan fingerprint density at radius 2 is 1.83 bits per heavy atom. The van der Waals surface area contributed by atoms with Gasteiger partial charge < -0.3 is 4.57 Å². The fraction of sp³-hybridized carbons (Fsp3) is 0.357. The molecule has 1 aliphatic rings. The number of aromatic nitrogens is 2. The molecule has 7 nitrogen and oxygen atoms in total. The Labute approximate surface area is 145 Å². The van der Waals surface area contributed by atoms with Gasteiger partial charge in [-0.15, -0.1) is 0 Å². The highest BCUT2D eigenvalue weighted by atomic mass is 35.5. The molecule has 24 heavy (non-hydrogen) atoms. The zero-order valence-corrected chi connectivity index (χ0v) is 15.2. The van der Waals surface area contributed by atoms with Crippen LogP contribution < -0.4 is 0 Å². The van der Waals surface area contributed by atoms with Gasteiger partial charge in [-0.3, -0.25) is 0 Å². The molecule has 2 aromatic rings. The van der Waals surface area contributed by atoms with E-state index in [9.17, 15) is 16.8 Å². The van der Waals surface area contributed by atoms with Gasteiger partial charge in [0.2, 0.25) is 0 Å². The molecule has 0 unspecified atom stereocenters. The lowest BCUT2D eigenvalue weighted by Gasteiger charge is -2.15. The topological polar surface area (TPSA) is 89.3 Å². The molecule has 1 aliphatic heterocycles. The normalized spacial score (nSPS) is 19.7. The summed E-state index contributed by atoms with van der Waals surface area (Å²) in [6.07, 6.45) is 3.04. The number of nitrogens with zero attached hydrogens (tertiary/aromatic N) is 3. The van der Waals surface area contributed by atoms with E-state index in [0.29, 0.717) is 5.02 Å². The van der Waals surface area contributed by atoms with Crippen LogP contribution in [0.5, 0.6) is 0 Å². The number of imidazole rings is 1. The standard InChI is InChI=1S/C14H16ClN3O4S2/c1-17-9-14(16-10-17)24(21,22)18-7-6-13(8-18)23(19,20)12-4-2-11(15)3-5-12/h2-5,9-10,13H,6-8H2,1H3/t13-/m0/s1. The SMILES string of the molecule is Cn1cnc(S(=O)(=O)N2CC[C@H](S(=O)(=O)c3ccc(Cl)cc3)C2)c1. The third-order valence-corrected chi connectivity index (χ3v) is 8.17. The third-order valence-electron chi connectivity index (χ3n) is 3.97. The van der Waals surface area contributed by atoms with Crippen LogP contribution in [-0.4, -0.2) is 49.0 Å². The Balaban J connectivity index is 1.83. The maximum atomic E-state index is 12.7. The molecule has 1 aromatic heterocycles. The molecule has 1 aromatic carbocycles. The molecule has 2 heterocycles. The highest BCUT2D eigenvalue weighted by molar-refractivity contribution is 7.92. The Morgan fingerprint density at radius 3 is 2.42 bits per heavy atom. The maximum absolute atomic E-state index is 12.7. The predicted octanol–water partition coefficient (Wildman–Crippen LogP) is 1.31. The molecule has 10 heteroatoms. The average molecular weight is 390 g/mol. The highest BCUT2D eigenvalue weighted by Gasteiger charge is 2.40. The van der Waals surface area contributed by atoms with Crippen molar-refractivity contribution in [1.82, 2.24) is 13.9 Å². The summed E-state index contributed by atoms with van der Waals surface area (Å²) >= 11 is 5.78. The summed E-state index contributed by atoms with van der Waals surface area (Å²) in [7, 11) is -5.73.